The standard InChI is InChI=1S/C22H27F2N3O/c1-16(2)21(17-7-9-19(23)10-8-17)25-22(28)27-13-11-26(12-14-27)15-18-5-3-4-6-20(18)24/h3-10,16,21H,11-15H2,1-2H3,(H,25,28). The summed E-state index contributed by atoms with van der Waals surface area (Å²) < 4.78 is 27.0. The number of nitrogens with one attached hydrogen (secondary N) is 1. The normalized spacial score (nSPS) is 16.2. The van der Waals surface area contributed by atoms with E-state index in [1.54, 1.807) is 29.2 Å². The van der Waals surface area contributed by atoms with E-state index in [2.05, 4.69) is 10.2 Å². The van der Waals surface area contributed by atoms with Gasteiger partial charge in [-0.1, -0.05) is 44.2 Å². The molecule has 4 nitrogen and oxygen atoms in total. The van der Waals surface area contributed by atoms with Gasteiger partial charge >= 0.3 is 6.03 Å². The van der Waals surface area contributed by atoms with Gasteiger partial charge in [-0.3, -0.25) is 4.90 Å². The van der Waals surface area contributed by atoms with Crippen molar-refractivity contribution in [1.82, 2.24) is 15.1 Å². The molecule has 1 heterocycles. The first-order chi connectivity index (χ1) is 13.4. The second-order valence-electron chi connectivity index (χ2n) is 7.58. The van der Waals surface area contributed by atoms with Crippen molar-refractivity contribution in [2.75, 3.05) is 26.2 Å². The molecule has 6 heteroatoms. The van der Waals surface area contributed by atoms with E-state index in [-0.39, 0.29) is 29.6 Å². The summed E-state index contributed by atoms with van der Waals surface area (Å²) in [6.07, 6.45) is 0. The number of carbonyl (C=O) groups is 1. The highest BCUT2D eigenvalue weighted by molar-refractivity contribution is 5.75. The van der Waals surface area contributed by atoms with Crippen molar-refractivity contribution in [3.63, 3.8) is 0 Å². The third-order valence-corrected chi connectivity index (χ3v) is 5.19. The quantitative estimate of drug-likeness (QED) is 0.835. The van der Waals surface area contributed by atoms with Crippen LogP contribution in [0.15, 0.2) is 48.5 Å². The van der Waals surface area contributed by atoms with Crippen LogP contribution in [0.25, 0.3) is 0 Å². The monoisotopic (exact) mass is 387 g/mol. The largest absolute Gasteiger partial charge is 0.331 e. The van der Waals surface area contributed by atoms with Gasteiger partial charge in [-0.15, -0.1) is 0 Å². The van der Waals surface area contributed by atoms with Gasteiger partial charge in [-0.2, -0.15) is 0 Å². The number of urea groups is 1. The molecule has 150 valence electrons. The summed E-state index contributed by atoms with van der Waals surface area (Å²) in [6, 6.07) is 12.8. The molecule has 1 unspecified atom stereocenters. The molecule has 2 amide bonds. The first kappa shape index (κ1) is 20.3. The van der Waals surface area contributed by atoms with Crippen molar-refractivity contribution < 1.29 is 13.6 Å². The molecule has 0 bridgehead atoms. The van der Waals surface area contributed by atoms with Gasteiger partial charge in [0.2, 0.25) is 0 Å². The fourth-order valence-electron chi connectivity index (χ4n) is 3.51. The van der Waals surface area contributed by atoms with Crippen LogP contribution >= 0.6 is 0 Å². The number of piperazine rings is 1. The zero-order chi connectivity index (χ0) is 20.1. The van der Waals surface area contributed by atoms with Crippen LogP contribution in [0.2, 0.25) is 0 Å². The smallest absolute Gasteiger partial charge is 0.317 e. The second kappa shape index (κ2) is 9.15. The Morgan fingerprint density at radius 1 is 1.00 bits per heavy atom. The van der Waals surface area contributed by atoms with Crippen molar-refractivity contribution in [3.05, 3.63) is 71.3 Å². The Bertz CT molecular complexity index is 787. The fourth-order valence-corrected chi connectivity index (χ4v) is 3.51. The summed E-state index contributed by atoms with van der Waals surface area (Å²) in [6.45, 7) is 7.19. The van der Waals surface area contributed by atoms with E-state index in [1.165, 1.54) is 18.2 Å². The predicted molar refractivity (Wildman–Crippen MR) is 106 cm³/mol. The number of hydrogen-bond donors (Lipinski definition) is 1. The number of benzene rings is 2. The molecule has 1 atom stereocenters. The van der Waals surface area contributed by atoms with Gasteiger partial charge in [0.05, 0.1) is 6.04 Å². The van der Waals surface area contributed by atoms with Crippen molar-refractivity contribution in [2.24, 2.45) is 5.92 Å². The van der Waals surface area contributed by atoms with Crippen LogP contribution in [0, 0.1) is 17.6 Å². The maximum Gasteiger partial charge on any atom is 0.317 e. The van der Waals surface area contributed by atoms with Gasteiger partial charge in [0, 0.05) is 38.3 Å². The lowest BCUT2D eigenvalue weighted by Gasteiger charge is -2.36. The van der Waals surface area contributed by atoms with E-state index in [1.807, 2.05) is 19.9 Å². The summed E-state index contributed by atoms with van der Waals surface area (Å²) in [5.74, 6) is -0.304. The number of amides is 2. The molecule has 0 aliphatic carbocycles. The molecule has 0 radical (unpaired) electrons. The topological polar surface area (TPSA) is 35.6 Å². The highest BCUT2D eigenvalue weighted by atomic mass is 19.1. The Labute approximate surface area is 165 Å². The van der Waals surface area contributed by atoms with E-state index in [0.29, 0.717) is 38.3 Å². The van der Waals surface area contributed by atoms with Crippen LogP contribution in [-0.2, 0) is 6.54 Å². The Balaban J connectivity index is 1.55. The Hall–Kier alpha value is -2.47. The molecule has 0 aromatic heterocycles. The molecule has 3 rings (SSSR count). The van der Waals surface area contributed by atoms with Gasteiger partial charge in [0.15, 0.2) is 0 Å². The maximum absolute atomic E-state index is 13.8. The summed E-state index contributed by atoms with van der Waals surface area (Å²) in [7, 11) is 0. The molecule has 2 aromatic carbocycles. The molecule has 1 N–H and O–H groups in total. The van der Waals surface area contributed by atoms with E-state index < -0.39 is 0 Å². The number of rotatable bonds is 5. The lowest BCUT2D eigenvalue weighted by Crippen LogP contribution is -2.52. The van der Waals surface area contributed by atoms with Crippen LogP contribution < -0.4 is 5.32 Å². The molecule has 1 fully saturated rings. The maximum atomic E-state index is 13.8. The molecule has 0 spiro atoms. The van der Waals surface area contributed by atoms with Crippen molar-refractivity contribution >= 4 is 6.03 Å². The van der Waals surface area contributed by atoms with Crippen LogP contribution in [0.3, 0.4) is 0 Å². The lowest BCUT2D eigenvalue weighted by molar-refractivity contribution is 0.131. The summed E-state index contributed by atoms with van der Waals surface area (Å²) in [4.78, 5) is 16.7. The van der Waals surface area contributed by atoms with Crippen molar-refractivity contribution in [3.8, 4) is 0 Å². The summed E-state index contributed by atoms with van der Waals surface area (Å²) >= 11 is 0. The minimum atomic E-state index is -0.288. The van der Waals surface area contributed by atoms with Gasteiger partial charge in [0.25, 0.3) is 0 Å². The van der Waals surface area contributed by atoms with E-state index >= 15 is 0 Å². The van der Waals surface area contributed by atoms with E-state index in [4.69, 9.17) is 0 Å². The third kappa shape index (κ3) is 5.07. The molecule has 1 saturated heterocycles. The Morgan fingerprint density at radius 2 is 1.64 bits per heavy atom. The van der Waals surface area contributed by atoms with Crippen LogP contribution in [0.4, 0.5) is 13.6 Å². The Kier molecular flexibility index (Phi) is 6.62. The second-order valence-corrected chi connectivity index (χ2v) is 7.58. The zero-order valence-electron chi connectivity index (χ0n) is 16.4. The highest BCUT2D eigenvalue weighted by Crippen LogP contribution is 2.22. The minimum absolute atomic E-state index is 0.117. The number of carbonyl (C=O) groups excluding carboxylic acids is 1. The average molecular weight is 387 g/mol. The fraction of sp³-hybridized carbons (Fsp3) is 0.409. The first-order valence-corrected chi connectivity index (χ1v) is 9.70. The Morgan fingerprint density at radius 3 is 2.25 bits per heavy atom. The van der Waals surface area contributed by atoms with Crippen molar-refractivity contribution in [1.29, 1.82) is 0 Å². The van der Waals surface area contributed by atoms with Crippen LogP contribution in [0.5, 0.6) is 0 Å². The molecule has 28 heavy (non-hydrogen) atoms. The van der Waals surface area contributed by atoms with Crippen LogP contribution in [-0.4, -0.2) is 42.0 Å². The van der Waals surface area contributed by atoms with E-state index in [9.17, 15) is 13.6 Å². The van der Waals surface area contributed by atoms with Crippen LogP contribution in [0.1, 0.15) is 31.0 Å². The molecule has 1 aliphatic rings. The number of nitrogens with zero attached hydrogens (tertiary/aromatic N) is 2. The summed E-state index contributed by atoms with van der Waals surface area (Å²) in [5.41, 5.74) is 1.57. The van der Waals surface area contributed by atoms with Gasteiger partial charge in [-0.05, 0) is 29.7 Å². The SMILES string of the molecule is CC(C)C(NC(=O)N1CCN(Cc2ccccc2F)CC1)c1ccc(F)cc1. The average Bonchev–Trinajstić information content (AvgIpc) is 2.69. The molecular formula is C22H27F2N3O. The van der Waals surface area contributed by atoms with E-state index in [0.717, 1.165) is 5.56 Å². The zero-order valence-corrected chi connectivity index (χ0v) is 16.4. The van der Waals surface area contributed by atoms with Gasteiger partial charge < -0.3 is 10.2 Å². The molecule has 1 aliphatic heterocycles. The third-order valence-electron chi connectivity index (χ3n) is 5.19. The predicted octanol–water partition coefficient (Wildman–Crippen LogP) is 4.19. The molecule has 0 saturated carbocycles. The highest BCUT2D eigenvalue weighted by Gasteiger charge is 2.25. The molecular weight excluding hydrogens is 360 g/mol. The first-order valence-electron chi connectivity index (χ1n) is 9.70. The minimum Gasteiger partial charge on any atom is -0.331 e. The lowest BCUT2D eigenvalue weighted by atomic mass is 9.96. The summed E-state index contributed by atoms with van der Waals surface area (Å²) in [5, 5.41) is 3.08. The number of hydrogen-bond acceptors (Lipinski definition) is 2. The number of halogens is 2. The van der Waals surface area contributed by atoms with Gasteiger partial charge in [0.1, 0.15) is 11.6 Å². The van der Waals surface area contributed by atoms with Crippen molar-refractivity contribution in [2.45, 2.75) is 26.4 Å². The van der Waals surface area contributed by atoms with Gasteiger partial charge in [-0.25, -0.2) is 13.6 Å². The molecule has 2 aromatic rings.